The summed E-state index contributed by atoms with van der Waals surface area (Å²) in [7, 11) is 0. The van der Waals surface area contributed by atoms with Gasteiger partial charge in [0.25, 0.3) is 5.69 Å². The number of esters is 1. The first kappa shape index (κ1) is 22.5. The molecule has 30 heavy (non-hydrogen) atoms. The summed E-state index contributed by atoms with van der Waals surface area (Å²) in [6.45, 7) is 4.74. The number of hydrogen-bond acceptors (Lipinski definition) is 6. The molecule has 0 amide bonds. The molecule has 0 bridgehead atoms. The molecule has 1 aliphatic heterocycles. The number of ether oxygens (including phenoxy) is 1. The SMILES string of the molecule is CCOC(=O)[C@@H]1CN(CC2CCCCCCC2)CC[C@@H]1Nc1ccccc1[N+](=O)[O-]. The second-order valence-electron chi connectivity index (χ2n) is 8.64. The van der Waals surface area contributed by atoms with Crippen LogP contribution in [-0.4, -0.2) is 48.1 Å². The summed E-state index contributed by atoms with van der Waals surface area (Å²) >= 11 is 0. The molecule has 2 aliphatic rings. The Morgan fingerprint density at radius 3 is 2.57 bits per heavy atom. The smallest absolute Gasteiger partial charge is 0.312 e. The van der Waals surface area contributed by atoms with E-state index in [9.17, 15) is 14.9 Å². The van der Waals surface area contributed by atoms with Crippen LogP contribution in [0.2, 0.25) is 0 Å². The van der Waals surface area contributed by atoms with E-state index in [2.05, 4.69) is 10.2 Å². The molecular formula is C23H35N3O4. The zero-order chi connectivity index (χ0) is 21.3. The molecule has 2 atom stereocenters. The number of nitrogens with zero attached hydrogens (tertiary/aromatic N) is 2. The van der Waals surface area contributed by atoms with Crippen molar-refractivity contribution in [1.82, 2.24) is 4.90 Å². The molecule has 0 aromatic heterocycles. The maximum absolute atomic E-state index is 12.7. The highest BCUT2D eigenvalue weighted by atomic mass is 16.6. The van der Waals surface area contributed by atoms with Crippen molar-refractivity contribution in [2.45, 2.75) is 64.3 Å². The maximum Gasteiger partial charge on any atom is 0.312 e. The van der Waals surface area contributed by atoms with E-state index in [0.29, 0.717) is 24.8 Å². The molecule has 1 aromatic carbocycles. The third-order valence-electron chi connectivity index (χ3n) is 6.47. The van der Waals surface area contributed by atoms with Crippen LogP contribution >= 0.6 is 0 Å². The molecule has 1 saturated carbocycles. The minimum Gasteiger partial charge on any atom is -0.466 e. The molecular weight excluding hydrogens is 382 g/mol. The highest BCUT2D eigenvalue weighted by Crippen LogP contribution is 2.30. The van der Waals surface area contributed by atoms with Crippen LogP contribution in [0, 0.1) is 22.0 Å². The molecule has 0 radical (unpaired) electrons. The zero-order valence-corrected chi connectivity index (χ0v) is 18.1. The van der Waals surface area contributed by atoms with E-state index >= 15 is 0 Å². The summed E-state index contributed by atoms with van der Waals surface area (Å²) in [5.74, 6) is 0.163. The van der Waals surface area contributed by atoms with Crippen molar-refractivity contribution in [3.8, 4) is 0 Å². The van der Waals surface area contributed by atoms with E-state index in [4.69, 9.17) is 4.74 Å². The monoisotopic (exact) mass is 417 g/mol. The van der Waals surface area contributed by atoms with Crippen LogP contribution in [0.1, 0.15) is 58.3 Å². The van der Waals surface area contributed by atoms with Crippen molar-refractivity contribution < 1.29 is 14.5 Å². The van der Waals surface area contributed by atoms with Gasteiger partial charge >= 0.3 is 5.97 Å². The van der Waals surface area contributed by atoms with E-state index in [-0.39, 0.29) is 28.5 Å². The van der Waals surface area contributed by atoms with Crippen LogP contribution in [0.25, 0.3) is 0 Å². The normalized spacial score (nSPS) is 23.9. The van der Waals surface area contributed by atoms with E-state index < -0.39 is 0 Å². The van der Waals surface area contributed by atoms with Crippen molar-refractivity contribution in [1.29, 1.82) is 0 Å². The average molecular weight is 418 g/mol. The topological polar surface area (TPSA) is 84.7 Å². The molecule has 1 aromatic rings. The number of carbonyl (C=O) groups excluding carboxylic acids is 1. The van der Waals surface area contributed by atoms with Crippen molar-refractivity contribution in [2.24, 2.45) is 11.8 Å². The molecule has 0 unspecified atom stereocenters. The van der Waals surface area contributed by atoms with Crippen LogP contribution in [0.15, 0.2) is 24.3 Å². The lowest BCUT2D eigenvalue weighted by Gasteiger charge is -2.39. The number of para-hydroxylation sites is 2. The Kier molecular flexibility index (Phi) is 8.49. The molecule has 3 rings (SSSR count). The number of hydrogen-bond donors (Lipinski definition) is 1. The molecule has 1 saturated heterocycles. The average Bonchev–Trinajstić information content (AvgIpc) is 2.71. The first-order chi connectivity index (χ1) is 14.6. The minimum absolute atomic E-state index is 0.0389. The molecule has 7 nitrogen and oxygen atoms in total. The summed E-state index contributed by atoms with van der Waals surface area (Å²) in [6.07, 6.45) is 9.97. The minimum atomic E-state index is -0.383. The molecule has 166 valence electrons. The Morgan fingerprint density at radius 2 is 1.87 bits per heavy atom. The van der Waals surface area contributed by atoms with E-state index in [1.807, 2.05) is 6.92 Å². The Bertz CT molecular complexity index is 703. The molecule has 1 aliphatic carbocycles. The van der Waals surface area contributed by atoms with Crippen LogP contribution in [0.3, 0.4) is 0 Å². The number of carbonyl (C=O) groups is 1. The fourth-order valence-electron chi connectivity index (χ4n) is 4.89. The van der Waals surface area contributed by atoms with Gasteiger partial charge in [0.2, 0.25) is 0 Å². The Hall–Kier alpha value is -2.15. The molecule has 7 heteroatoms. The van der Waals surface area contributed by atoms with Crippen LogP contribution in [0.5, 0.6) is 0 Å². The van der Waals surface area contributed by atoms with Gasteiger partial charge in [0.15, 0.2) is 0 Å². The number of benzene rings is 1. The largest absolute Gasteiger partial charge is 0.466 e. The fraction of sp³-hybridized carbons (Fsp3) is 0.696. The van der Waals surface area contributed by atoms with Gasteiger partial charge in [-0.3, -0.25) is 14.9 Å². The van der Waals surface area contributed by atoms with E-state index in [0.717, 1.165) is 19.5 Å². The van der Waals surface area contributed by atoms with Gasteiger partial charge in [-0.25, -0.2) is 0 Å². The number of nitrogens with one attached hydrogen (secondary N) is 1. The zero-order valence-electron chi connectivity index (χ0n) is 18.1. The number of nitro groups is 1. The summed E-state index contributed by atoms with van der Waals surface area (Å²) in [6, 6.07) is 6.47. The Morgan fingerprint density at radius 1 is 1.17 bits per heavy atom. The standard InChI is InChI=1S/C23H35N3O4/c1-2-30-23(27)19-17-25(16-18-10-6-4-3-5-7-11-18)15-14-20(19)24-21-12-8-9-13-22(21)26(28)29/h8-9,12-13,18-20,24H,2-7,10-11,14-17H2,1H3/t19-,20+/m1/s1. The number of rotatable bonds is 7. The molecule has 0 spiro atoms. The van der Waals surface area contributed by atoms with Gasteiger partial charge in [0, 0.05) is 31.7 Å². The highest BCUT2D eigenvalue weighted by molar-refractivity contribution is 5.75. The second kappa shape index (κ2) is 11.3. The number of anilines is 1. The lowest BCUT2D eigenvalue weighted by atomic mass is 9.88. The predicted molar refractivity (Wildman–Crippen MR) is 117 cm³/mol. The Labute approximate surface area is 179 Å². The quantitative estimate of drug-likeness (QED) is 0.396. The highest BCUT2D eigenvalue weighted by Gasteiger charge is 2.36. The first-order valence-corrected chi connectivity index (χ1v) is 11.5. The third-order valence-corrected chi connectivity index (χ3v) is 6.47. The lowest BCUT2D eigenvalue weighted by Crippen LogP contribution is -2.51. The van der Waals surface area contributed by atoms with Gasteiger partial charge in [0.1, 0.15) is 5.69 Å². The van der Waals surface area contributed by atoms with Gasteiger partial charge in [-0.2, -0.15) is 0 Å². The fourth-order valence-corrected chi connectivity index (χ4v) is 4.89. The van der Waals surface area contributed by atoms with Gasteiger partial charge < -0.3 is 15.0 Å². The van der Waals surface area contributed by atoms with Gasteiger partial charge in [0.05, 0.1) is 17.4 Å². The molecule has 2 fully saturated rings. The molecule has 1 heterocycles. The number of likely N-dealkylation sites (tertiary alicyclic amines) is 1. The summed E-state index contributed by atoms with van der Waals surface area (Å²) < 4.78 is 5.36. The van der Waals surface area contributed by atoms with E-state index in [1.54, 1.807) is 18.2 Å². The van der Waals surface area contributed by atoms with Crippen molar-refractivity contribution >= 4 is 17.3 Å². The Balaban J connectivity index is 1.68. The van der Waals surface area contributed by atoms with Crippen molar-refractivity contribution in [2.75, 3.05) is 31.6 Å². The van der Waals surface area contributed by atoms with Crippen LogP contribution in [-0.2, 0) is 9.53 Å². The second-order valence-corrected chi connectivity index (χ2v) is 8.64. The summed E-state index contributed by atoms with van der Waals surface area (Å²) in [5.41, 5.74) is 0.507. The van der Waals surface area contributed by atoms with Gasteiger partial charge in [-0.15, -0.1) is 0 Å². The predicted octanol–water partition coefficient (Wildman–Crippen LogP) is 4.62. The van der Waals surface area contributed by atoms with Crippen molar-refractivity contribution in [3.05, 3.63) is 34.4 Å². The van der Waals surface area contributed by atoms with Crippen LogP contribution < -0.4 is 5.32 Å². The lowest BCUT2D eigenvalue weighted by molar-refractivity contribution is -0.384. The van der Waals surface area contributed by atoms with Gasteiger partial charge in [-0.1, -0.05) is 44.2 Å². The number of nitro benzene ring substituents is 1. The molecule has 1 N–H and O–H groups in total. The van der Waals surface area contributed by atoms with Crippen LogP contribution in [0.4, 0.5) is 11.4 Å². The maximum atomic E-state index is 12.7. The summed E-state index contributed by atoms with van der Waals surface area (Å²) in [5, 5.41) is 14.7. The number of piperidine rings is 1. The van der Waals surface area contributed by atoms with Gasteiger partial charge in [-0.05, 0) is 38.2 Å². The third kappa shape index (κ3) is 6.17. The first-order valence-electron chi connectivity index (χ1n) is 11.5. The summed E-state index contributed by atoms with van der Waals surface area (Å²) in [4.78, 5) is 26.1. The van der Waals surface area contributed by atoms with Crippen molar-refractivity contribution in [3.63, 3.8) is 0 Å². The van der Waals surface area contributed by atoms with E-state index in [1.165, 1.54) is 51.0 Å².